The molecule has 0 saturated carbocycles. The van der Waals surface area contributed by atoms with Gasteiger partial charge in [-0.25, -0.2) is 9.78 Å². The van der Waals surface area contributed by atoms with Gasteiger partial charge in [0.1, 0.15) is 18.5 Å². The van der Waals surface area contributed by atoms with Gasteiger partial charge in [-0.1, -0.05) is 27.7 Å². The number of H-pyrrole nitrogens is 1. The van der Waals surface area contributed by atoms with Crippen molar-refractivity contribution in [2.45, 2.75) is 17.8 Å². The smallest absolute Gasteiger partial charge is 0.329 e. The molecule has 2 heterocycles. The van der Waals surface area contributed by atoms with E-state index in [1.165, 1.54) is 23.4 Å². The van der Waals surface area contributed by atoms with Crippen LogP contribution in [-0.4, -0.2) is 43.2 Å². The lowest BCUT2D eigenvalue weighted by molar-refractivity contribution is 0.0914. The zero-order valence-corrected chi connectivity index (χ0v) is 16.5. The third-order valence-corrected chi connectivity index (χ3v) is 5.01. The number of aryl methyl sites for hydroxylation is 1. The second kappa shape index (κ2) is 7.68. The van der Waals surface area contributed by atoms with E-state index in [9.17, 15) is 14.7 Å². The number of rotatable bonds is 6. The maximum atomic E-state index is 12.2. The second-order valence-electron chi connectivity index (χ2n) is 5.62. The van der Waals surface area contributed by atoms with E-state index in [-0.39, 0.29) is 24.3 Å². The first-order chi connectivity index (χ1) is 12.4. The number of aromatic nitrogens is 4. The number of halogens is 1. The van der Waals surface area contributed by atoms with Crippen molar-refractivity contribution in [1.29, 1.82) is 0 Å². The molecule has 0 aliphatic rings. The number of aliphatic hydroxyl groups is 1. The van der Waals surface area contributed by atoms with Gasteiger partial charge in [0, 0.05) is 11.5 Å². The summed E-state index contributed by atoms with van der Waals surface area (Å²) in [4.78, 5) is 30.6. The van der Waals surface area contributed by atoms with Crippen LogP contribution in [0.15, 0.2) is 43.5 Å². The predicted octanol–water partition coefficient (Wildman–Crippen LogP) is 1.35. The number of thioether (sulfide) groups is 1. The number of nitrogens with one attached hydrogen (secondary N) is 1. The maximum absolute atomic E-state index is 12.2. The minimum Gasteiger partial charge on any atom is -0.491 e. The molecule has 3 aromatic rings. The van der Waals surface area contributed by atoms with E-state index < -0.39 is 17.4 Å². The van der Waals surface area contributed by atoms with E-state index in [4.69, 9.17) is 4.74 Å². The molecule has 0 bridgehead atoms. The summed E-state index contributed by atoms with van der Waals surface area (Å²) in [5.41, 5.74) is -0.529. The Kier molecular flexibility index (Phi) is 5.54. The summed E-state index contributed by atoms with van der Waals surface area (Å²) in [6.07, 6.45) is 0.952. The average molecular weight is 441 g/mol. The largest absolute Gasteiger partial charge is 0.491 e. The van der Waals surface area contributed by atoms with Crippen LogP contribution in [0.2, 0.25) is 0 Å². The Balaban J connectivity index is 1.85. The van der Waals surface area contributed by atoms with Crippen molar-refractivity contribution in [3.8, 4) is 5.75 Å². The van der Waals surface area contributed by atoms with Crippen LogP contribution in [0, 0.1) is 0 Å². The standard InChI is InChI=1S/C16H17BrN4O4S/c1-20-13-12(14(23)19-15(20)24)21(16(18-13)26-2)7-10(22)8-25-11-5-3-9(17)4-6-11/h3-6,10,22H,7-8H2,1-2H3,(H,19,23,24)/t10-/m1/s1. The molecule has 2 aromatic heterocycles. The first-order valence-electron chi connectivity index (χ1n) is 7.70. The Bertz CT molecular complexity index is 1040. The molecular weight excluding hydrogens is 424 g/mol. The van der Waals surface area contributed by atoms with E-state index in [0.717, 1.165) is 4.47 Å². The number of ether oxygens (including phenoxy) is 1. The first kappa shape index (κ1) is 18.7. The van der Waals surface area contributed by atoms with Crippen molar-refractivity contribution in [2.75, 3.05) is 12.9 Å². The Morgan fingerprint density at radius 2 is 2.04 bits per heavy atom. The van der Waals surface area contributed by atoms with Gasteiger partial charge in [0.2, 0.25) is 0 Å². The number of aromatic amines is 1. The second-order valence-corrected chi connectivity index (χ2v) is 7.31. The van der Waals surface area contributed by atoms with E-state index in [0.29, 0.717) is 10.9 Å². The first-order valence-corrected chi connectivity index (χ1v) is 9.72. The van der Waals surface area contributed by atoms with Crippen molar-refractivity contribution in [2.24, 2.45) is 7.05 Å². The molecule has 0 fully saturated rings. The minimum atomic E-state index is -0.862. The van der Waals surface area contributed by atoms with Crippen LogP contribution in [-0.2, 0) is 13.6 Å². The molecular formula is C16H17BrN4O4S. The third-order valence-electron chi connectivity index (χ3n) is 3.80. The summed E-state index contributed by atoms with van der Waals surface area (Å²) in [7, 11) is 1.54. The molecule has 0 unspecified atom stereocenters. The van der Waals surface area contributed by atoms with Crippen molar-refractivity contribution in [3.63, 3.8) is 0 Å². The number of aliphatic hydroxyl groups excluding tert-OH is 1. The topological polar surface area (TPSA) is 102 Å². The SMILES string of the molecule is CSc1nc2c(c(=O)[nH]c(=O)n2C)n1C[C@@H](O)COc1ccc(Br)cc1. The number of hydrogen-bond acceptors (Lipinski definition) is 6. The van der Waals surface area contributed by atoms with Gasteiger partial charge < -0.3 is 14.4 Å². The van der Waals surface area contributed by atoms with Gasteiger partial charge in [-0.15, -0.1) is 0 Å². The normalized spacial score (nSPS) is 12.5. The van der Waals surface area contributed by atoms with Crippen LogP contribution in [0.1, 0.15) is 0 Å². The van der Waals surface area contributed by atoms with Crippen LogP contribution in [0.5, 0.6) is 5.75 Å². The summed E-state index contributed by atoms with van der Waals surface area (Å²) in [5, 5.41) is 10.9. The van der Waals surface area contributed by atoms with Crippen molar-refractivity contribution >= 4 is 38.9 Å². The minimum absolute atomic E-state index is 0.0544. The van der Waals surface area contributed by atoms with Gasteiger partial charge >= 0.3 is 5.69 Å². The van der Waals surface area contributed by atoms with Gasteiger partial charge in [-0.2, -0.15) is 0 Å². The summed E-state index contributed by atoms with van der Waals surface area (Å²) in [6.45, 7) is 0.170. The highest BCUT2D eigenvalue weighted by Gasteiger charge is 2.19. The van der Waals surface area contributed by atoms with Gasteiger partial charge in [-0.3, -0.25) is 14.3 Å². The van der Waals surface area contributed by atoms with Crippen LogP contribution in [0.3, 0.4) is 0 Å². The number of nitrogens with zero attached hydrogens (tertiary/aromatic N) is 3. The van der Waals surface area contributed by atoms with E-state index in [2.05, 4.69) is 25.9 Å². The Morgan fingerprint density at radius 1 is 1.35 bits per heavy atom. The quantitative estimate of drug-likeness (QED) is 0.560. The highest BCUT2D eigenvalue weighted by molar-refractivity contribution is 9.10. The Hall–Kier alpha value is -2.04. The number of imidazole rings is 1. The monoisotopic (exact) mass is 440 g/mol. The summed E-state index contributed by atoms with van der Waals surface area (Å²) in [5.74, 6) is 0.632. The third kappa shape index (κ3) is 3.71. The molecule has 3 rings (SSSR count). The molecule has 8 nitrogen and oxygen atoms in total. The molecule has 0 amide bonds. The Morgan fingerprint density at radius 3 is 2.69 bits per heavy atom. The molecule has 26 heavy (non-hydrogen) atoms. The predicted molar refractivity (Wildman–Crippen MR) is 103 cm³/mol. The summed E-state index contributed by atoms with van der Waals surface area (Å²) >= 11 is 4.68. The maximum Gasteiger partial charge on any atom is 0.329 e. The highest BCUT2D eigenvalue weighted by Crippen LogP contribution is 2.20. The Labute approximate surface area is 161 Å². The molecule has 0 aliphatic carbocycles. The van der Waals surface area contributed by atoms with Crippen LogP contribution < -0.4 is 16.0 Å². The molecule has 138 valence electrons. The van der Waals surface area contributed by atoms with Crippen molar-refractivity contribution in [3.05, 3.63) is 49.6 Å². The lowest BCUT2D eigenvalue weighted by Gasteiger charge is -2.14. The van der Waals surface area contributed by atoms with E-state index >= 15 is 0 Å². The number of benzene rings is 1. The fraction of sp³-hybridized carbons (Fsp3) is 0.312. The molecule has 1 aromatic carbocycles. The van der Waals surface area contributed by atoms with Crippen LogP contribution >= 0.6 is 27.7 Å². The fourth-order valence-electron chi connectivity index (χ4n) is 2.53. The van der Waals surface area contributed by atoms with Crippen molar-refractivity contribution in [1.82, 2.24) is 19.1 Å². The van der Waals surface area contributed by atoms with E-state index in [1.54, 1.807) is 16.7 Å². The van der Waals surface area contributed by atoms with Gasteiger partial charge in [0.05, 0.1) is 6.54 Å². The molecule has 0 radical (unpaired) electrons. The van der Waals surface area contributed by atoms with E-state index in [1.807, 2.05) is 18.4 Å². The summed E-state index contributed by atoms with van der Waals surface area (Å²) in [6, 6.07) is 7.27. The summed E-state index contributed by atoms with van der Waals surface area (Å²) < 4.78 is 9.39. The lowest BCUT2D eigenvalue weighted by atomic mass is 10.3. The van der Waals surface area contributed by atoms with Gasteiger partial charge in [0.15, 0.2) is 16.3 Å². The van der Waals surface area contributed by atoms with Crippen LogP contribution in [0.25, 0.3) is 11.2 Å². The molecule has 1 atom stereocenters. The van der Waals surface area contributed by atoms with Crippen molar-refractivity contribution < 1.29 is 9.84 Å². The number of hydrogen-bond donors (Lipinski definition) is 2. The highest BCUT2D eigenvalue weighted by atomic mass is 79.9. The molecule has 0 saturated heterocycles. The van der Waals surface area contributed by atoms with Gasteiger partial charge in [0.25, 0.3) is 5.56 Å². The zero-order chi connectivity index (χ0) is 18.8. The molecule has 0 spiro atoms. The average Bonchev–Trinajstić information content (AvgIpc) is 2.98. The zero-order valence-electron chi connectivity index (χ0n) is 14.1. The van der Waals surface area contributed by atoms with Gasteiger partial charge in [-0.05, 0) is 30.5 Å². The molecule has 10 heteroatoms. The number of fused-ring (bicyclic) bond motifs is 1. The molecule has 0 aliphatic heterocycles. The lowest BCUT2D eigenvalue weighted by Crippen LogP contribution is -2.30. The van der Waals surface area contributed by atoms with Crippen LogP contribution in [0.4, 0.5) is 0 Å². The fourth-order valence-corrected chi connectivity index (χ4v) is 3.35. The molecule has 2 N–H and O–H groups in total.